The SMILES string of the molecule is Cc1cc(F)ccc1-c1ccc(C(=O)NC2CCNC(C)C2)cc1F.Cl. The van der Waals surface area contributed by atoms with Crippen LogP contribution in [0.3, 0.4) is 0 Å². The Bertz CT molecular complexity index is 797. The Labute approximate surface area is 158 Å². The Kier molecular flexibility index (Phi) is 6.73. The number of benzene rings is 2. The minimum atomic E-state index is -0.485. The van der Waals surface area contributed by atoms with Crippen molar-refractivity contribution in [2.45, 2.75) is 38.8 Å². The number of hydrogen-bond acceptors (Lipinski definition) is 2. The monoisotopic (exact) mass is 380 g/mol. The van der Waals surface area contributed by atoms with Gasteiger partial charge in [0.1, 0.15) is 11.6 Å². The van der Waals surface area contributed by atoms with Crippen LogP contribution in [-0.4, -0.2) is 24.5 Å². The average molecular weight is 381 g/mol. The molecule has 0 saturated carbocycles. The molecule has 6 heteroatoms. The van der Waals surface area contributed by atoms with Gasteiger partial charge in [-0.25, -0.2) is 8.78 Å². The van der Waals surface area contributed by atoms with Crippen molar-refractivity contribution in [3.63, 3.8) is 0 Å². The highest BCUT2D eigenvalue weighted by Gasteiger charge is 2.21. The van der Waals surface area contributed by atoms with Crippen LogP contribution in [0, 0.1) is 18.6 Å². The van der Waals surface area contributed by atoms with E-state index < -0.39 is 5.82 Å². The third-order valence-electron chi connectivity index (χ3n) is 4.67. The summed E-state index contributed by atoms with van der Waals surface area (Å²) in [5.41, 5.74) is 1.94. The molecule has 2 aromatic rings. The van der Waals surface area contributed by atoms with Gasteiger partial charge in [0.15, 0.2) is 0 Å². The maximum absolute atomic E-state index is 14.5. The summed E-state index contributed by atoms with van der Waals surface area (Å²) in [5.74, 6) is -1.10. The molecule has 1 heterocycles. The fourth-order valence-corrected chi connectivity index (χ4v) is 3.34. The first-order valence-electron chi connectivity index (χ1n) is 8.54. The van der Waals surface area contributed by atoms with E-state index in [1.165, 1.54) is 18.2 Å². The number of hydrogen-bond donors (Lipinski definition) is 2. The van der Waals surface area contributed by atoms with Gasteiger partial charge in [-0.1, -0.05) is 12.1 Å². The lowest BCUT2D eigenvalue weighted by molar-refractivity contribution is 0.0925. The summed E-state index contributed by atoms with van der Waals surface area (Å²) in [4.78, 5) is 12.4. The first-order valence-corrected chi connectivity index (χ1v) is 8.54. The van der Waals surface area contributed by atoms with Crippen molar-refractivity contribution in [1.29, 1.82) is 0 Å². The lowest BCUT2D eigenvalue weighted by Gasteiger charge is -2.28. The van der Waals surface area contributed by atoms with Crippen LogP contribution in [0.5, 0.6) is 0 Å². The van der Waals surface area contributed by atoms with E-state index in [1.54, 1.807) is 25.1 Å². The zero-order chi connectivity index (χ0) is 18.0. The predicted octanol–water partition coefficient (Wildman–Crippen LogP) is 4.23. The lowest BCUT2D eigenvalue weighted by Crippen LogP contribution is -2.46. The fraction of sp³-hybridized carbons (Fsp3) is 0.350. The first-order chi connectivity index (χ1) is 11.9. The molecule has 0 aromatic heterocycles. The topological polar surface area (TPSA) is 41.1 Å². The highest BCUT2D eigenvalue weighted by molar-refractivity contribution is 5.95. The molecule has 1 saturated heterocycles. The van der Waals surface area contributed by atoms with Gasteiger partial charge >= 0.3 is 0 Å². The molecule has 3 rings (SSSR count). The molecule has 1 fully saturated rings. The Morgan fingerprint density at radius 1 is 1.15 bits per heavy atom. The summed E-state index contributed by atoms with van der Waals surface area (Å²) in [6.45, 7) is 4.68. The van der Waals surface area contributed by atoms with Gasteiger partial charge in [-0.2, -0.15) is 0 Å². The van der Waals surface area contributed by atoms with E-state index >= 15 is 0 Å². The van der Waals surface area contributed by atoms with Crippen molar-refractivity contribution in [3.8, 4) is 11.1 Å². The van der Waals surface area contributed by atoms with Gasteiger partial charge in [0.25, 0.3) is 5.91 Å². The average Bonchev–Trinajstić information content (AvgIpc) is 2.55. The van der Waals surface area contributed by atoms with Gasteiger partial charge in [-0.15, -0.1) is 12.4 Å². The molecule has 26 heavy (non-hydrogen) atoms. The van der Waals surface area contributed by atoms with Gasteiger partial charge in [-0.3, -0.25) is 4.79 Å². The first kappa shape index (κ1) is 20.3. The van der Waals surface area contributed by atoms with E-state index in [-0.39, 0.29) is 30.2 Å². The molecule has 140 valence electrons. The molecule has 0 spiro atoms. The molecule has 3 nitrogen and oxygen atoms in total. The van der Waals surface area contributed by atoms with Gasteiger partial charge in [0.2, 0.25) is 0 Å². The van der Waals surface area contributed by atoms with E-state index in [2.05, 4.69) is 17.6 Å². The highest BCUT2D eigenvalue weighted by Crippen LogP contribution is 2.27. The van der Waals surface area contributed by atoms with Gasteiger partial charge in [0, 0.05) is 23.2 Å². The van der Waals surface area contributed by atoms with Crippen LogP contribution in [0.1, 0.15) is 35.7 Å². The maximum atomic E-state index is 14.5. The zero-order valence-corrected chi connectivity index (χ0v) is 15.6. The van der Waals surface area contributed by atoms with Crippen LogP contribution in [0.4, 0.5) is 8.78 Å². The number of piperidine rings is 1. The molecule has 2 unspecified atom stereocenters. The van der Waals surface area contributed by atoms with E-state index in [0.717, 1.165) is 19.4 Å². The van der Waals surface area contributed by atoms with Crippen LogP contribution >= 0.6 is 12.4 Å². The smallest absolute Gasteiger partial charge is 0.251 e. The molecule has 1 aliphatic heterocycles. The molecule has 0 radical (unpaired) electrons. The second kappa shape index (κ2) is 8.60. The molecule has 2 atom stereocenters. The number of nitrogens with one attached hydrogen (secondary N) is 2. The fourth-order valence-electron chi connectivity index (χ4n) is 3.34. The van der Waals surface area contributed by atoms with Crippen molar-refractivity contribution in [2.75, 3.05) is 6.54 Å². The lowest BCUT2D eigenvalue weighted by atomic mass is 9.98. The molecule has 2 aromatic carbocycles. The predicted molar refractivity (Wildman–Crippen MR) is 102 cm³/mol. The summed E-state index contributed by atoms with van der Waals surface area (Å²) in [7, 11) is 0. The van der Waals surface area contributed by atoms with Crippen LogP contribution in [0.25, 0.3) is 11.1 Å². The van der Waals surface area contributed by atoms with E-state index in [9.17, 15) is 13.6 Å². The van der Waals surface area contributed by atoms with Crippen LogP contribution in [0.15, 0.2) is 36.4 Å². The van der Waals surface area contributed by atoms with Crippen molar-refractivity contribution in [1.82, 2.24) is 10.6 Å². The minimum absolute atomic E-state index is 0. The Hall–Kier alpha value is -1.98. The van der Waals surface area contributed by atoms with Crippen LogP contribution in [-0.2, 0) is 0 Å². The number of amides is 1. The number of carbonyl (C=O) groups excluding carboxylic acids is 1. The van der Waals surface area contributed by atoms with Gasteiger partial charge in [0.05, 0.1) is 0 Å². The van der Waals surface area contributed by atoms with Crippen molar-refractivity contribution < 1.29 is 13.6 Å². The van der Waals surface area contributed by atoms with Crippen molar-refractivity contribution in [3.05, 3.63) is 59.2 Å². The van der Waals surface area contributed by atoms with Gasteiger partial charge in [-0.05, 0) is 68.6 Å². The molecular formula is C20H23ClF2N2O. The molecule has 0 aliphatic carbocycles. The van der Waals surface area contributed by atoms with E-state index in [4.69, 9.17) is 0 Å². The highest BCUT2D eigenvalue weighted by atomic mass is 35.5. The summed E-state index contributed by atoms with van der Waals surface area (Å²) >= 11 is 0. The number of carbonyl (C=O) groups is 1. The third-order valence-corrected chi connectivity index (χ3v) is 4.67. The quantitative estimate of drug-likeness (QED) is 0.836. The third kappa shape index (κ3) is 4.59. The molecule has 1 aliphatic rings. The van der Waals surface area contributed by atoms with Crippen LogP contribution in [0.2, 0.25) is 0 Å². The summed E-state index contributed by atoms with van der Waals surface area (Å²) in [6.07, 6.45) is 1.73. The second-order valence-corrected chi connectivity index (χ2v) is 6.70. The Morgan fingerprint density at radius 3 is 2.54 bits per heavy atom. The molecule has 0 bridgehead atoms. The zero-order valence-electron chi connectivity index (χ0n) is 14.8. The standard InChI is InChI=1S/C20H22F2N2O.ClH/c1-12-9-15(21)4-6-17(12)18-5-3-14(11-19(18)22)20(25)24-16-7-8-23-13(2)10-16;/h3-6,9,11,13,16,23H,7-8,10H2,1-2H3,(H,24,25);1H. The summed E-state index contributed by atoms with van der Waals surface area (Å²) in [5, 5.41) is 6.31. The van der Waals surface area contributed by atoms with Crippen molar-refractivity contribution >= 4 is 18.3 Å². The molecule has 2 N–H and O–H groups in total. The normalized spacial score (nSPS) is 19.5. The largest absolute Gasteiger partial charge is 0.349 e. The number of rotatable bonds is 3. The summed E-state index contributed by atoms with van der Waals surface area (Å²) < 4.78 is 27.8. The Morgan fingerprint density at radius 2 is 1.88 bits per heavy atom. The number of halogens is 3. The van der Waals surface area contributed by atoms with Crippen LogP contribution < -0.4 is 10.6 Å². The van der Waals surface area contributed by atoms with E-state index in [0.29, 0.717) is 28.3 Å². The summed E-state index contributed by atoms with van der Waals surface area (Å²) in [6, 6.07) is 9.13. The number of aryl methyl sites for hydroxylation is 1. The molecular weight excluding hydrogens is 358 g/mol. The minimum Gasteiger partial charge on any atom is -0.349 e. The Balaban J connectivity index is 0.00000243. The van der Waals surface area contributed by atoms with Gasteiger partial charge < -0.3 is 10.6 Å². The van der Waals surface area contributed by atoms with Crippen molar-refractivity contribution in [2.24, 2.45) is 0 Å². The van der Waals surface area contributed by atoms with E-state index in [1.807, 2.05) is 0 Å². The molecule has 1 amide bonds. The second-order valence-electron chi connectivity index (χ2n) is 6.70. The maximum Gasteiger partial charge on any atom is 0.251 e.